The SMILES string of the molecule is COC[C@@H](CCO)c1c(CO)c2ccc3c(c2oc1=O)[C@H]1OC(=O)C[C@@H]2C[C@H](c4cccc([C@]56CCCC[C@@H]5CCc5ccccc56)c4)CC[C@H]2c2ccc(cc2)CC/C(=C(\C)CO)C(=O)O[C@@H]1[C@@]1(CCC[C@H]2CCCC[C@H]21)O3. The van der Waals surface area contributed by atoms with E-state index in [1.54, 1.807) is 13.0 Å². The van der Waals surface area contributed by atoms with Crippen LogP contribution in [-0.4, -0.2) is 65.9 Å². The number of carbonyl (C=O) groups is 2. The van der Waals surface area contributed by atoms with Crippen LogP contribution < -0.4 is 10.4 Å². The number of esters is 2. The van der Waals surface area contributed by atoms with Gasteiger partial charge in [-0.15, -0.1) is 0 Å². The van der Waals surface area contributed by atoms with Gasteiger partial charge in [0.25, 0.3) is 0 Å². The molecule has 0 saturated heterocycles. The van der Waals surface area contributed by atoms with Crippen LogP contribution in [0.2, 0.25) is 0 Å². The second-order valence-corrected chi connectivity index (χ2v) is 24.8. The van der Waals surface area contributed by atoms with Crippen molar-refractivity contribution in [3.8, 4) is 5.75 Å². The van der Waals surface area contributed by atoms with Crippen molar-refractivity contribution in [2.24, 2.45) is 23.7 Å². The van der Waals surface area contributed by atoms with Crippen molar-refractivity contribution >= 4 is 22.9 Å². The molecule has 418 valence electrons. The molecule has 13 rings (SSSR count). The number of aryl methyl sites for hydroxylation is 2. The maximum absolute atomic E-state index is 15.7. The average molecular weight is 1070 g/mol. The summed E-state index contributed by atoms with van der Waals surface area (Å²) in [5, 5.41) is 32.4. The fourth-order valence-corrected chi connectivity index (χ4v) is 17.1. The van der Waals surface area contributed by atoms with E-state index in [1.165, 1.54) is 60.6 Å². The second kappa shape index (κ2) is 22.7. The fourth-order valence-electron chi connectivity index (χ4n) is 17.1. The predicted molar refractivity (Wildman–Crippen MR) is 302 cm³/mol. The van der Waals surface area contributed by atoms with Crippen molar-refractivity contribution in [3.05, 3.63) is 157 Å². The molecule has 4 aromatic carbocycles. The largest absolute Gasteiger partial charge is 0.482 e. The standard InChI is InChI=1S/C68H80O11/c1-41(38-70)52-27-21-42-19-22-43(23-20-42)53-28-25-47(46-13-9-16-51(36-46)67-32-8-7-15-50(67)26-24-45-12-3-5-17-56(45)67)35-49(53)37-59(72)76-63-61-58(79-68(64(63)78-65(52)73)33-10-14-44-11-4-6-18-57(44)68)30-29-54-55(39-71)60(66(74)77-62(54)61)48(31-34-69)40-75-2/h3,5,9,12-13,16-17,19-20,22-23,29-30,36,44,47-50,53,57,63-64,69-71H,4,6-8,10-11,14-15,18,21,24-28,31-35,37-40H2,1-2H3/b52-41-/t44-,47-,48-,49+,50-,53+,57-,63-,64+,67+,68+/m1/s1. The van der Waals surface area contributed by atoms with E-state index < -0.39 is 47.9 Å². The summed E-state index contributed by atoms with van der Waals surface area (Å²) in [5.41, 5.74) is 7.94. The lowest BCUT2D eigenvalue weighted by Gasteiger charge is -2.56. The van der Waals surface area contributed by atoms with Crippen LogP contribution >= 0.6 is 0 Å². The minimum absolute atomic E-state index is 0.0115. The lowest BCUT2D eigenvalue weighted by atomic mass is 9.54. The number of ether oxygens (including phenoxy) is 4. The van der Waals surface area contributed by atoms with E-state index >= 15 is 9.59 Å². The molecule has 1 aromatic heterocycles. The normalized spacial score (nSPS) is 30.8. The van der Waals surface area contributed by atoms with Crippen molar-refractivity contribution in [1.82, 2.24) is 0 Å². The highest BCUT2D eigenvalue weighted by Gasteiger charge is 2.62. The van der Waals surface area contributed by atoms with Crippen LogP contribution in [0.15, 0.2) is 105 Å². The Morgan fingerprint density at radius 3 is 2.42 bits per heavy atom. The van der Waals surface area contributed by atoms with E-state index in [9.17, 15) is 20.1 Å². The number of aliphatic hydroxyl groups excluding tert-OH is 3. The molecule has 79 heavy (non-hydrogen) atoms. The van der Waals surface area contributed by atoms with Gasteiger partial charge in [-0.1, -0.05) is 105 Å². The Morgan fingerprint density at radius 1 is 0.772 bits per heavy atom. The average Bonchev–Trinajstić information content (AvgIpc) is 3.51. The maximum atomic E-state index is 15.7. The zero-order valence-electron chi connectivity index (χ0n) is 46.4. The first-order valence-electron chi connectivity index (χ1n) is 30.1. The number of fused-ring (bicyclic) bond motifs is 16. The van der Waals surface area contributed by atoms with Crippen molar-refractivity contribution in [2.75, 3.05) is 26.9 Å². The maximum Gasteiger partial charge on any atom is 0.340 e. The minimum Gasteiger partial charge on any atom is -0.482 e. The Morgan fingerprint density at radius 2 is 1.59 bits per heavy atom. The van der Waals surface area contributed by atoms with Gasteiger partial charge >= 0.3 is 17.6 Å². The van der Waals surface area contributed by atoms with E-state index in [0.717, 1.165) is 76.2 Å². The van der Waals surface area contributed by atoms with Crippen molar-refractivity contribution in [3.63, 3.8) is 0 Å². The van der Waals surface area contributed by atoms with E-state index in [4.69, 9.17) is 23.4 Å². The second-order valence-electron chi connectivity index (χ2n) is 24.8. The van der Waals surface area contributed by atoms with Crippen LogP contribution in [0, 0.1) is 23.7 Å². The third-order valence-electron chi connectivity index (χ3n) is 20.8. The van der Waals surface area contributed by atoms with Gasteiger partial charge in [-0.2, -0.15) is 0 Å². The molecule has 5 aliphatic carbocycles. The summed E-state index contributed by atoms with van der Waals surface area (Å²) in [7, 11) is 1.53. The predicted octanol–water partition coefficient (Wildman–Crippen LogP) is 12.5. The Labute approximate surface area is 465 Å². The molecule has 11 heteroatoms. The molecule has 2 bridgehead atoms. The number of hydrogen-bond acceptors (Lipinski definition) is 11. The Balaban J connectivity index is 0.986. The Hall–Kier alpha value is -5.59. The van der Waals surface area contributed by atoms with Gasteiger partial charge < -0.3 is 38.7 Å². The summed E-state index contributed by atoms with van der Waals surface area (Å²) in [6.07, 6.45) is 14.9. The third kappa shape index (κ3) is 9.70. The van der Waals surface area contributed by atoms with Gasteiger partial charge in [0.15, 0.2) is 17.8 Å². The van der Waals surface area contributed by atoms with E-state index in [2.05, 4.69) is 72.8 Å². The third-order valence-corrected chi connectivity index (χ3v) is 20.8. The van der Waals surface area contributed by atoms with Gasteiger partial charge in [0, 0.05) is 53.9 Å². The number of benzene rings is 4. The number of aliphatic hydroxyl groups is 3. The van der Waals surface area contributed by atoms with E-state index in [1.807, 2.05) is 6.07 Å². The molecule has 8 aliphatic rings. The van der Waals surface area contributed by atoms with Crippen LogP contribution in [0.4, 0.5) is 0 Å². The summed E-state index contributed by atoms with van der Waals surface area (Å²) in [6, 6.07) is 31.0. The minimum atomic E-state index is -1.27. The molecule has 4 saturated carbocycles. The summed E-state index contributed by atoms with van der Waals surface area (Å²) < 4.78 is 33.5. The highest BCUT2D eigenvalue weighted by Crippen LogP contribution is 2.59. The number of carbonyl (C=O) groups excluding carboxylic acids is 2. The molecule has 0 radical (unpaired) electrons. The summed E-state index contributed by atoms with van der Waals surface area (Å²) >= 11 is 0. The van der Waals surface area contributed by atoms with Crippen LogP contribution in [0.1, 0.15) is 196 Å². The summed E-state index contributed by atoms with van der Waals surface area (Å²) in [6.45, 7) is 0.794. The highest BCUT2D eigenvalue weighted by molar-refractivity contribution is 5.90. The number of methoxy groups -OCH3 is 1. The summed E-state index contributed by atoms with van der Waals surface area (Å²) in [5.74, 6) is -0.202. The Kier molecular flexibility index (Phi) is 15.6. The summed E-state index contributed by atoms with van der Waals surface area (Å²) in [4.78, 5) is 45.5. The van der Waals surface area contributed by atoms with E-state index in [-0.39, 0.29) is 84.4 Å². The lowest BCUT2D eigenvalue weighted by molar-refractivity contribution is -0.217. The van der Waals surface area contributed by atoms with Crippen molar-refractivity contribution in [2.45, 2.75) is 183 Å². The molecule has 0 amide bonds. The van der Waals surface area contributed by atoms with Gasteiger partial charge in [-0.05, 0) is 183 Å². The lowest BCUT2D eigenvalue weighted by Crippen LogP contribution is -2.63. The topological polar surface area (TPSA) is 162 Å². The zero-order valence-corrected chi connectivity index (χ0v) is 46.4. The smallest absolute Gasteiger partial charge is 0.340 e. The van der Waals surface area contributed by atoms with E-state index in [0.29, 0.717) is 53.0 Å². The van der Waals surface area contributed by atoms with Crippen LogP contribution in [0.3, 0.4) is 0 Å². The number of rotatable bonds is 9. The first-order valence-corrected chi connectivity index (χ1v) is 30.1. The van der Waals surface area contributed by atoms with Gasteiger partial charge in [-0.25, -0.2) is 9.59 Å². The van der Waals surface area contributed by atoms with Crippen LogP contribution in [0.5, 0.6) is 5.75 Å². The molecule has 5 aromatic rings. The quantitative estimate of drug-likeness (QED) is 0.0732. The molecule has 3 N–H and O–H groups in total. The van der Waals surface area contributed by atoms with Crippen molar-refractivity contribution < 1.29 is 48.3 Å². The molecule has 3 aliphatic heterocycles. The first kappa shape index (κ1) is 54.0. The molecule has 4 heterocycles. The van der Waals surface area contributed by atoms with Crippen LogP contribution in [-0.2, 0) is 48.7 Å². The monoisotopic (exact) mass is 1070 g/mol. The first-order chi connectivity index (χ1) is 38.6. The number of hydrogen-bond donors (Lipinski definition) is 3. The highest BCUT2D eigenvalue weighted by atomic mass is 16.6. The van der Waals surface area contributed by atoms with Gasteiger partial charge in [0.1, 0.15) is 11.3 Å². The Bertz CT molecular complexity index is 3150. The van der Waals surface area contributed by atoms with Gasteiger partial charge in [0.2, 0.25) is 0 Å². The fraction of sp³-hybridized carbons (Fsp3) is 0.544. The zero-order chi connectivity index (χ0) is 54.4. The molecular formula is C68H80O11. The van der Waals surface area contributed by atoms with Crippen molar-refractivity contribution in [1.29, 1.82) is 0 Å². The molecule has 1 spiro atoms. The molecule has 4 fully saturated rings. The van der Waals surface area contributed by atoms with Gasteiger partial charge in [0.05, 0.1) is 25.4 Å². The van der Waals surface area contributed by atoms with Gasteiger partial charge in [-0.3, -0.25) is 4.79 Å². The molecule has 11 atom stereocenters. The molecule has 0 unspecified atom stereocenters. The van der Waals surface area contributed by atoms with Crippen LogP contribution in [0.25, 0.3) is 11.0 Å². The molecular weight excluding hydrogens is 993 g/mol. The molecule has 11 nitrogen and oxygen atoms in total.